The first kappa shape index (κ1) is 14.8. The van der Waals surface area contributed by atoms with Crippen LogP contribution in [0, 0.1) is 25.5 Å². The molecule has 2 rings (SSSR count). The number of nitrogens with zero attached hydrogens (tertiary/aromatic N) is 2. The van der Waals surface area contributed by atoms with Gasteiger partial charge in [0.2, 0.25) is 0 Å². The number of nitrogens with one attached hydrogen (secondary N) is 1. The number of rotatable bonds is 3. The molecule has 7 heteroatoms. The second-order valence-corrected chi connectivity index (χ2v) is 4.55. The van der Waals surface area contributed by atoms with E-state index in [0.29, 0.717) is 11.4 Å². The maximum Gasteiger partial charge on any atom is 0.297 e. The van der Waals surface area contributed by atoms with Crippen LogP contribution in [0.25, 0.3) is 0 Å². The van der Waals surface area contributed by atoms with Gasteiger partial charge in [-0.2, -0.15) is 5.10 Å². The monoisotopic (exact) mass is 293 g/mol. The predicted octanol–water partition coefficient (Wildman–Crippen LogP) is 2.14. The molecule has 0 saturated carbocycles. The lowest BCUT2D eigenvalue weighted by atomic mass is 10.1. The van der Waals surface area contributed by atoms with E-state index in [4.69, 9.17) is 0 Å². The van der Waals surface area contributed by atoms with Crippen molar-refractivity contribution in [3.05, 3.63) is 46.8 Å². The number of carbonyl (C=O) groups is 2. The number of halogens is 2. The molecule has 0 bridgehead atoms. The largest absolute Gasteiger partial charge is 0.314 e. The summed E-state index contributed by atoms with van der Waals surface area (Å²) in [6.45, 7) is 3.21. The zero-order chi connectivity index (χ0) is 15.7. The maximum absolute atomic E-state index is 13.5. The Balaban J connectivity index is 2.31. The van der Waals surface area contributed by atoms with Gasteiger partial charge in [-0.15, -0.1) is 0 Å². The summed E-state index contributed by atoms with van der Waals surface area (Å²) >= 11 is 0. The summed E-state index contributed by atoms with van der Waals surface area (Å²) in [7, 11) is 1.63. The van der Waals surface area contributed by atoms with Crippen LogP contribution in [0.2, 0.25) is 0 Å². The van der Waals surface area contributed by atoms with E-state index in [9.17, 15) is 18.4 Å². The molecule has 0 aliphatic carbocycles. The number of hydrogen-bond donors (Lipinski definition) is 1. The average Bonchev–Trinajstić information content (AvgIpc) is 2.67. The maximum atomic E-state index is 13.5. The Morgan fingerprint density at radius 1 is 1.19 bits per heavy atom. The first-order chi connectivity index (χ1) is 9.82. The number of Topliss-reactive ketones (excluding diaryl/α,β-unsaturated/α-hetero) is 1. The second kappa shape index (κ2) is 5.43. The van der Waals surface area contributed by atoms with E-state index < -0.39 is 29.0 Å². The summed E-state index contributed by atoms with van der Waals surface area (Å²) in [5, 5.41) is 5.99. The Kier molecular flexibility index (Phi) is 3.84. The lowest BCUT2D eigenvalue weighted by Crippen LogP contribution is -2.25. The molecule has 0 spiro atoms. The first-order valence-corrected chi connectivity index (χ1v) is 6.12. The predicted molar refractivity (Wildman–Crippen MR) is 72.0 cm³/mol. The van der Waals surface area contributed by atoms with Crippen molar-refractivity contribution < 1.29 is 18.4 Å². The first-order valence-electron chi connectivity index (χ1n) is 6.12. The van der Waals surface area contributed by atoms with Crippen LogP contribution in [0.4, 0.5) is 14.5 Å². The highest BCUT2D eigenvalue weighted by Gasteiger charge is 2.25. The number of carbonyl (C=O) groups excluding carboxylic acids is 2. The van der Waals surface area contributed by atoms with E-state index >= 15 is 0 Å². The van der Waals surface area contributed by atoms with Gasteiger partial charge in [-0.3, -0.25) is 14.3 Å². The topological polar surface area (TPSA) is 64.0 Å². The van der Waals surface area contributed by atoms with Gasteiger partial charge in [0, 0.05) is 12.7 Å². The molecular formula is C14H13F2N3O2. The van der Waals surface area contributed by atoms with Crippen molar-refractivity contribution in [2.24, 2.45) is 7.05 Å². The number of aryl methyl sites for hydroxylation is 2. The molecule has 0 saturated heterocycles. The molecule has 0 unspecified atom stereocenters. The zero-order valence-electron chi connectivity index (χ0n) is 11.7. The van der Waals surface area contributed by atoms with Gasteiger partial charge in [0.05, 0.1) is 11.3 Å². The lowest BCUT2D eigenvalue weighted by Gasteiger charge is -2.07. The van der Waals surface area contributed by atoms with E-state index in [-0.39, 0.29) is 5.56 Å². The molecule has 0 fully saturated rings. The summed E-state index contributed by atoms with van der Waals surface area (Å²) in [6, 6.07) is 3.14. The minimum absolute atomic E-state index is 0.131. The molecule has 1 amide bonds. The standard InChI is InChI=1S/C14H13F2N3O2/c1-7-11(8(2)19(3)18-7)13(20)14(21)17-12-9(15)5-4-6-10(12)16/h4-6H,1-3H3,(H,17,21). The summed E-state index contributed by atoms with van der Waals surface area (Å²) in [5.74, 6) is -3.90. The van der Waals surface area contributed by atoms with Crippen molar-refractivity contribution in [1.82, 2.24) is 9.78 Å². The number of aromatic nitrogens is 2. The van der Waals surface area contributed by atoms with Gasteiger partial charge in [-0.25, -0.2) is 8.78 Å². The molecule has 2 aromatic rings. The third-order valence-corrected chi connectivity index (χ3v) is 3.14. The van der Waals surface area contributed by atoms with Gasteiger partial charge in [0.15, 0.2) is 0 Å². The highest BCUT2D eigenvalue weighted by molar-refractivity contribution is 6.47. The van der Waals surface area contributed by atoms with Gasteiger partial charge in [-0.1, -0.05) is 6.07 Å². The van der Waals surface area contributed by atoms with Crippen LogP contribution >= 0.6 is 0 Å². The molecule has 0 atom stereocenters. The van der Waals surface area contributed by atoms with E-state index in [1.165, 1.54) is 4.68 Å². The van der Waals surface area contributed by atoms with E-state index in [1.54, 1.807) is 20.9 Å². The Morgan fingerprint density at radius 3 is 2.24 bits per heavy atom. The van der Waals surface area contributed by atoms with E-state index in [1.807, 2.05) is 5.32 Å². The number of para-hydroxylation sites is 1. The molecule has 0 aliphatic heterocycles. The highest BCUT2D eigenvalue weighted by atomic mass is 19.1. The normalized spacial score (nSPS) is 10.5. The van der Waals surface area contributed by atoms with Crippen LogP contribution in [0.3, 0.4) is 0 Å². The minimum atomic E-state index is -1.11. The smallest absolute Gasteiger partial charge is 0.297 e. The van der Waals surface area contributed by atoms with Crippen molar-refractivity contribution in [3.8, 4) is 0 Å². The highest BCUT2D eigenvalue weighted by Crippen LogP contribution is 2.19. The molecular weight excluding hydrogens is 280 g/mol. The third-order valence-electron chi connectivity index (χ3n) is 3.14. The van der Waals surface area contributed by atoms with Crippen LogP contribution in [0.15, 0.2) is 18.2 Å². The zero-order valence-corrected chi connectivity index (χ0v) is 11.7. The Labute approximate surface area is 119 Å². The third kappa shape index (κ3) is 2.67. The molecule has 0 aliphatic rings. The molecule has 1 N–H and O–H groups in total. The summed E-state index contributed by atoms with van der Waals surface area (Å²) in [5.41, 5.74) is 0.368. The van der Waals surface area contributed by atoms with Gasteiger partial charge in [0.25, 0.3) is 11.7 Å². The van der Waals surface area contributed by atoms with Crippen molar-refractivity contribution >= 4 is 17.4 Å². The summed E-state index contributed by atoms with van der Waals surface area (Å²) in [6.07, 6.45) is 0. The van der Waals surface area contributed by atoms with E-state index in [0.717, 1.165) is 18.2 Å². The fourth-order valence-electron chi connectivity index (χ4n) is 2.00. The van der Waals surface area contributed by atoms with Gasteiger partial charge >= 0.3 is 0 Å². The second-order valence-electron chi connectivity index (χ2n) is 4.55. The lowest BCUT2D eigenvalue weighted by molar-refractivity contribution is -0.112. The molecule has 1 aromatic heterocycles. The Hall–Kier alpha value is -2.57. The van der Waals surface area contributed by atoms with Crippen LogP contribution in [0.5, 0.6) is 0 Å². The van der Waals surface area contributed by atoms with Crippen molar-refractivity contribution in [2.45, 2.75) is 13.8 Å². The Bertz CT molecular complexity index is 718. The van der Waals surface area contributed by atoms with Crippen molar-refractivity contribution in [1.29, 1.82) is 0 Å². The van der Waals surface area contributed by atoms with Gasteiger partial charge < -0.3 is 5.32 Å². The fraction of sp³-hybridized carbons (Fsp3) is 0.214. The van der Waals surface area contributed by atoms with Gasteiger partial charge in [0.1, 0.15) is 17.3 Å². The number of ketones is 1. The quantitative estimate of drug-likeness (QED) is 0.696. The molecule has 21 heavy (non-hydrogen) atoms. The molecule has 110 valence electrons. The van der Waals surface area contributed by atoms with Crippen LogP contribution < -0.4 is 5.32 Å². The summed E-state index contributed by atoms with van der Waals surface area (Å²) < 4.78 is 28.4. The minimum Gasteiger partial charge on any atom is -0.314 e. The number of hydrogen-bond acceptors (Lipinski definition) is 3. The van der Waals surface area contributed by atoms with Crippen LogP contribution in [-0.4, -0.2) is 21.5 Å². The SMILES string of the molecule is Cc1nn(C)c(C)c1C(=O)C(=O)Nc1c(F)cccc1F. The fourth-order valence-corrected chi connectivity index (χ4v) is 2.00. The number of benzene rings is 1. The van der Waals surface area contributed by atoms with E-state index in [2.05, 4.69) is 5.10 Å². The molecule has 5 nitrogen and oxygen atoms in total. The summed E-state index contributed by atoms with van der Waals surface area (Å²) in [4.78, 5) is 24.0. The van der Waals surface area contributed by atoms with Crippen molar-refractivity contribution in [3.63, 3.8) is 0 Å². The van der Waals surface area contributed by atoms with Crippen LogP contribution in [-0.2, 0) is 11.8 Å². The number of amides is 1. The molecule has 1 aromatic carbocycles. The van der Waals surface area contributed by atoms with Gasteiger partial charge in [-0.05, 0) is 26.0 Å². The molecule has 1 heterocycles. The Morgan fingerprint density at radius 2 is 1.76 bits per heavy atom. The molecule has 0 radical (unpaired) electrons. The van der Waals surface area contributed by atoms with Crippen LogP contribution in [0.1, 0.15) is 21.7 Å². The van der Waals surface area contributed by atoms with Crippen molar-refractivity contribution in [2.75, 3.05) is 5.32 Å². The number of anilines is 1. The average molecular weight is 293 g/mol.